The Morgan fingerprint density at radius 1 is 1.54 bits per heavy atom. The van der Waals surface area contributed by atoms with Gasteiger partial charge in [0.25, 0.3) is 0 Å². The van der Waals surface area contributed by atoms with E-state index < -0.39 is 0 Å². The normalized spacial score (nSPS) is 9.77. The summed E-state index contributed by atoms with van der Waals surface area (Å²) in [7, 11) is 0. The number of aryl methyl sites for hydroxylation is 2. The summed E-state index contributed by atoms with van der Waals surface area (Å²) in [5.74, 6) is 0.751. The Balaban J connectivity index is 2.95. The van der Waals surface area contributed by atoms with Crippen molar-refractivity contribution < 1.29 is 4.74 Å². The molecule has 0 aliphatic carbocycles. The SMILES string of the molecule is CCOC(=S)c1cnc(C)nc1C. The first-order chi connectivity index (χ1) is 6.15. The number of aromatic nitrogens is 2. The fourth-order valence-electron chi connectivity index (χ4n) is 0.992. The predicted molar refractivity (Wildman–Crippen MR) is 54.8 cm³/mol. The van der Waals surface area contributed by atoms with E-state index in [2.05, 4.69) is 9.97 Å². The van der Waals surface area contributed by atoms with Gasteiger partial charge in [0.2, 0.25) is 0 Å². The number of rotatable bonds is 2. The molecule has 0 saturated carbocycles. The maximum atomic E-state index is 5.20. The monoisotopic (exact) mass is 196 g/mol. The van der Waals surface area contributed by atoms with Crippen LogP contribution in [0.3, 0.4) is 0 Å². The minimum atomic E-state index is 0.472. The van der Waals surface area contributed by atoms with Gasteiger partial charge in [0.1, 0.15) is 5.82 Å². The molecule has 0 bridgehead atoms. The van der Waals surface area contributed by atoms with Crippen LogP contribution in [0.1, 0.15) is 24.0 Å². The van der Waals surface area contributed by atoms with E-state index in [1.165, 1.54) is 0 Å². The highest BCUT2D eigenvalue weighted by molar-refractivity contribution is 7.80. The van der Waals surface area contributed by atoms with E-state index in [-0.39, 0.29) is 0 Å². The number of hydrogen-bond donors (Lipinski definition) is 0. The fourth-order valence-corrected chi connectivity index (χ4v) is 1.31. The summed E-state index contributed by atoms with van der Waals surface area (Å²) in [6.07, 6.45) is 1.70. The van der Waals surface area contributed by atoms with Crippen LogP contribution < -0.4 is 0 Å². The van der Waals surface area contributed by atoms with Crippen molar-refractivity contribution in [2.45, 2.75) is 20.8 Å². The first-order valence-electron chi connectivity index (χ1n) is 4.12. The van der Waals surface area contributed by atoms with Crippen molar-refractivity contribution in [3.05, 3.63) is 23.3 Å². The van der Waals surface area contributed by atoms with E-state index in [4.69, 9.17) is 17.0 Å². The Morgan fingerprint density at radius 2 is 2.23 bits per heavy atom. The van der Waals surface area contributed by atoms with Crippen LogP contribution in [0.4, 0.5) is 0 Å². The third-order valence-electron chi connectivity index (χ3n) is 1.60. The van der Waals surface area contributed by atoms with Gasteiger partial charge < -0.3 is 4.74 Å². The first-order valence-corrected chi connectivity index (χ1v) is 4.53. The molecule has 0 N–H and O–H groups in total. The van der Waals surface area contributed by atoms with Gasteiger partial charge in [0.05, 0.1) is 17.9 Å². The van der Waals surface area contributed by atoms with Gasteiger partial charge in [0.15, 0.2) is 5.05 Å². The van der Waals surface area contributed by atoms with Gasteiger partial charge in [-0.3, -0.25) is 0 Å². The summed E-state index contributed by atoms with van der Waals surface area (Å²) in [6, 6.07) is 0. The van der Waals surface area contributed by atoms with Crippen molar-refractivity contribution >= 4 is 17.3 Å². The van der Waals surface area contributed by atoms with E-state index in [1.807, 2.05) is 20.8 Å². The lowest BCUT2D eigenvalue weighted by Crippen LogP contribution is -2.08. The summed E-state index contributed by atoms with van der Waals surface area (Å²) < 4.78 is 5.20. The molecule has 0 radical (unpaired) electrons. The molecule has 0 aromatic carbocycles. The number of hydrogen-bond acceptors (Lipinski definition) is 4. The fraction of sp³-hybridized carbons (Fsp3) is 0.444. The van der Waals surface area contributed by atoms with Crippen LogP contribution in [0.25, 0.3) is 0 Å². The van der Waals surface area contributed by atoms with Crippen LogP contribution >= 0.6 is 12.2 Å². The molecule has 1 rings (SSSR count). The lowest BCUT2D eigenvalue weighted by molar-refractivity contribution is 0.337. The van der Waals surface area contributed by atoms with E-state index in [9.17, 15) is 0 Å². The summed E-state index contributed by atoms with van der Waals surface area (Å²) >= 11 is 5.05. The Hall–Kier alpha value is -1.03. The van der Waals surface area contributed by atoms with E-state index >= 15 is 0 Å². The second-order valence-corrected chi connectivity index (χ2v) is 3.01. The molecule has 1 heterocycles. The molecule has 0 aliphatic rings. The van der Waals surface area contributed by atoms with Gasteiger partial charge >= 0.3 is 0 Å². The van der Waals surface area contributed by atoms with Crippen LogP contribution in [0.5, 0.6) is 0 Å². The minimum Gasteiger partial charge on any atom is -0.483 e. The molecule has 4 heteroatoms. The lowest BCUT2D eigenvalue weighted by Gasteiger charge is -2.06. The molecule has 0 spiro atoms. The molecule has 0 aliphatic heterocycles. The molecule has 70 valence electrons. The van der Waals surface area contributed by atoms with E-state index in [0.29, 0.717) is 11.7 Å². The Kier molecular flexibility index (Phi) is 3.31. The topological polar surface area (TPSA) is 35.0 Å². The Bertz CT molecular complexity index is 325. The Labute approximate surface area is 83.2 Å². The van der Waals surface area contributed by atoms with Gasteiger partial charge in [-0.05, 0) is 33.0 Å². The number of ether oxygens (including phenoxy) is 1. The number of nitrogens with zero attached hydrogens (tertiary/aromatic N) is 2. The minimum absolute atomic E-state index is 0.472. The second kappa shape index (κ2) is 4.28. The summed E-state index contributed by atoms with van der Waals surface area (Å²) in [5.41, 5.74) is 1.67. The average molecular weight is 196 g/mol. The molecule has 13 heavy (non-hydrogen) atoms. The summed E-state index contributed by atoms with van der Waals surface area (Å²) in [4.78, 5) is 8.26. The van der Waals surface area contributed by atoms with Crippen molar-refractivity contribution in [2.24, 2.45) is 0 Å². The Morgan fingerprint density at radius 3 is 2.77 bits per heavy atom. The zero-order valence-corrected chi connectivity index (χ0v) is 8.81. The van der Waals surface area contributed by atoms with Gasteiger partial charge in [-0.15, -0.1) is 0 Å². The third-order valence-corrected chi connectivity index (χ3v) is 1.93. The van der Waals surface area contributed by atoms with Crippen molar-refractivity contribution in [3.63, 3.8) is 0 Å². The molecule has 0 amide bonds. The maximum Gasteiger partial charge on any atom is 0.194 e. The molecular formula is C9H12N2OS. The van der Waals surface area contributed by atoms with Crippen molar-refractivity contribution in [2.75, 3.05) is 6.61 Å². The van der Waals surface area contributed by atoms with Crippen LogP contribution in [0.2, 0.25) is 0 Å². The van der Waals surface area contributed by atoms with Crippen molar-refractivity contribution in [1.82, 2.24) is 9.97 Å². The molecule has 1 aromatic rings. The van der Waals surface area contributed by atoms with E-state index in [1.54, 1.807) is 6.20 Å². The largest absolute Gasteiger partial charge is 0.483 e. The van der Waals surface area contributed by atoms with Crippen molar-refractivity contribution in [3.8, 4) is 0 Å². The molecule has 0 fully saturated rings. The highest BCUT2D eigenvalue weighted by Crippen LogP contribution is 2.06. The molecule has 0 unspecified atom stereocenters. The maximum absolute atomic E-state index is 5.20. The van der Waals surface area contributed by atoms with Gasteiger partial charge in [0, 0.05) is 6.20 Å². The van der Waals surface area contributed by atoms with Gasteiger partial charge in [-0.2, -0.15) is 0 Å². The van der Waals surface area contributed by atoms with Gasteiger partial charge in [-0.25, -0.2) is 9.97 Å². The lowest BCUT2D eigenvalue weighted by atomic mass is 10.2. The third kappa shape index (κ3) is 2.45. The molecule has 0 atom stereocenters. The average Bonchev–Trinajstić information content (AvgIpc) is 2.04. The van der Waals surface area contributed by atoms with Crippen LogP contribution in [-0.4, -0.2) is 21.6 Å². The zero-order valence-electron chi connectivity index (χ0n) is 8.00. The number of thiocarbonyl (C=S) groups is 1. The zero-order chi connectivity index (χ0) is 9.84. The van der Waals surface area contributed by atoms with Crippen LogP contribution in [0, 0.1) is 13.8 Å². The molecule has 0 saturated heterocycles. The molecule has 3 nitrogen and oxygen atoms in total. The highest BCUT2D eigenvalue weighted by Gasteiger charge is 2.06. The summed E-state index contributed by atoms with van der Waals surface area (Å²) in [6.45, 7) is 6.22. The second-order valence-electron chi connectivity index (χ2n) is 2.64. The molecular weight excluding hydrogens is 184 g/mol. The van der Waals surface area contributed by atoms with Gasteiger partial charge in [-0.1, -0.05) is 0 Å². The molecule has 1 aromatic heterocycles. The standard InChI is InChI=1S/C9H12N2OS/c1-4-12-9(13)8-5-10-7(3)11-6(8)2/h5H,4H2,1-3H3. The smallest absolute Gasteiger partial charge is 0.194 e. The van der Waals surface area contributed by atoms with Crippen molar-refractivity contribution in [1.29, 1.82) is 0 Å². The quantitative estimate of drug-likeness (QED) is 0.676. The van der Waals surface area contributed by atoms with Crippen LogP contribution in [-0.2, 0) is 4.74 Å². The predicted octanol–water partition coefficient (Wildman–Crippen LogP) is 1.81. The highest BCUT2D eigenvalue weighted by atomic mass is 32.1. The summed E-state index contributed by atoms with van der Waals surface area (Å²) in [5, 5.41) is 0.472. The first kappa shape index (κ1) is 10.1. The van der Waals surface area contributed by atoms with Crippen LogP contribution in [0.15, 0.2) is 6.20 Å². The van der Waals surface area contributed by atoms with E-state index in [0.717, 1.165) is 17.1 Å².